The van der Waals surface area contributed by atoms with Crippen molar-refractivity contribution in [3.63, 3.8) is 0 Å². The number of furan rings is 1. The van der Waals surface area contributed by atoms with Crippen LogP contribution in [-0.2, 0) is 14.3 Å². The van der Waals surface area contributed by atoms with Crippen molar-refractivity contribution >= 4 is 23.9 Å². The van der Waals surface area contributed by atoms with Gasteiger partial charge in [-0.15, -0.1) is 0 Å². The van der Waals surface area contributed by atoms with Crippen molar-refractivity contribution in [3.05, 3.63) is 77.1 Å². The highest BCUT2D eigenvalue weighted by Crippen LogP contribution is 2.27. The summed E-state index contributed by atoms with van der Waals surface area (Å²) in [5.41, 5.74) is 1.49. The molecule has 0 aliphatic carbocycles. The number of nitrogens with zero attached hydrogens (tertiary/aromatic N) is 1. The number of ether oxygens (including phenoxy) is 1. The van der Waals surface area contributed by atoms with Gasteiger partial charge in [0.15, 0.2) is 0 Å². The van der Waals surface area contributed by atoms with Crippen molar-refractivity contribution < 1.29 is 23.5 Å². The molecule has 7 nitrogen and oxygen atoms in total. The van der Waals surface area contributed by atoms with Crippen LogP contribution in [0.1, 0.15) is 23.0 Å². The summed E-state index contributed by atoms with van der Waals surface area (Å²) in [7, 11) is 0. The Balaban J connectivity index is 1.85. The van der Waals surface area contributed by atoms with Gasteiger partial charge in [-0.2, -0.15) is 5.26 Å². The van der Waals surface area contributed by atoms with Gasteiger partial charge in [-0.25, -0.2) is 4.79 Å². The number of rotatable bonds is 5. The molecule has 1 aromatic heterocycles. The fraction of sp³-hybridized carbons (Fsp3) is 0.0909. The lowest BCUT2D eigenvalue weighted by Crippen LogP contribution is -2.37. The maximum absolute atomic E-state index is 12.1. The van der Waals surface area contributed by atoms with Crippen molar-refractivity contribution in [2.24, 2.45) is 0 Å². The Bertz CT molecular complexity index is 1110. The Hall–Kier alpha value is -4.18. The number of nitriles is 1. The molecule has 1 aliphatic rings. The Morgan fingerprint density at radius 2 is 1.93 bits per heavy atom. The van der Waals surface area contributed by atoms with Gasteiger partial charge in [-0.05, 0) is 42.8 Å². The molecule has 0 saturated carbocycles. The Morgan fingerprint density at radius 3 is 2.59 bits per heavy atom. The van der Waals surface area contributed by atoms with Gasteiger partial charge in [0.2, 0.25) is 0 Å². The number of carbonyl (C=O) groups excluding carboxylic acids is 3. The van der Waals surface area contributed by atoms with Crippen molar-refractivity contribution in [2.75, 3.05) is 6.61 Å². The van der Waals surface area contributed by atoms with E-state index in [2.05, 4.69) is 11.9 Å². The molecule has 2 heterocycles. The second-order valence-electron chi connectivity index (χ2n) is 6.12. The first-order valence-electron chi connectivity index (χ1n) is 8.61. The Labute approximate surface area is 166 Å². The second-order valence-corrected chi connectivity index (χ2v) is 6.12. The van der Waals surface area contributed by atoms with E-state index >= 15 is 0 Å². The zero-order chi connectivity index (χ0) is 21.0. The molecule has 1 aromatic carbocycles. The van der Waals surface area contributed by atoms with E-state index in [1.54, 1.807) is 42.5 Å². The van der Waals surface area contributed by atoms with E-state index in [0.29, 0.717) is 22.7 Å². The molecule has 1 aliphatic heterocycles. The number of carbonyl (C=O) groups is 3. The van der Waals surface area contributed by atoms with Crippen LogP contribution in [0.2, 0.25) is 0 Å². The number of nitrogens with one attached hydrogen (secondary N) is 1. The van der Waals surface area contributed by atoms with Crippen molar-refractivity contribution in [3.8, 4) is 17.4 Å². The predicted molar refractivity (Wildman–Crippen MR) is 104 cm³/mol. The summed E-state index contributed by atoms with van der Waals surface area (Å²) in [4.78, 5) is 35.6. The average molecular weight is 388 g/mol. The minimum atomic E-state index is -0.709. The van der Waals surface area contributed by atoms with E-state index in [0.717, 1.165) is 5.56 Å². The first-order chi connectivity index (χ1) is 13.9. The molecule has 2 amide bonds. The number of esters is 1. The quantitative estimate of drug-likeness (QED) is 0.365. The van der Waals surface area contributed by atoms with E-state index in [-0.39, 0.29) is 17.8 Å². The van der Waals surface area contributed by atoms with E-state index in [1.165, 1.54) is 19.1 Å². The smallest absolute Gasteiger partial charge is 0.338 e. The molecule has 0 atom stereocenters. The first-order valence-corrected chi connectivity index (χ1v) is 8.61. The third kappa shape index (κ3) is 4.06. The number of benzene rings is 1. The Kier molecular flexibility index (Phi) is 5.56. The summed E-state index contributed by atoms with van der Waals surface area (Å²) in [6.07, 6.45) is 2.96. The minimum Gasteiger partial charge on any atom is -0.458 e. The summed E-state index contributed by atoms with van der Waals surface area (Å²) >= 11 is 0. The standard InChI is InChI=1S/C22H16N2O5/c1-3-10-28-22(27)15-6-4-14(5-7-15)19-9-8-16(29-19)11-17-13(2)18(12-23)21(26)24-20(17)25/h3-9,11H,1,10H2,2H3,(H,24,25,26)/b17-11+. The first kappa shape index (κ1) is 19.6. The van der Waals surface area contributed by atoms with Gasteiger partial charge in [-0.1, -0.05) is 24.8 Å². The van der Waals surface area contributed by atoms with Gasteiger partial charge in [0.1, 0.15) is 29.8 Å². The van der Waals surface area contributed by atoms with Crippen molar-refractivity contribution in [1.82, 2.24) is 5.32 Å². The van der Waals surface area contributed by atoms with E-state index in [9.17, 15) is 14.4 Å². The number of amides is 2. The summed E-state index contributed by atoms with van der Waals surface area (Å²) in [6, 6.07) is 11.8. The van der Waals surface area contributed by atoms with Crippen LogP contribution in [-0.4, -0.2) is 24.4 Å². The zero-order valence-corrected chi connectivity index (χ0v) is 15.5. The zero-order valence-electron chi connectivity index (χ0n) is 15.5. The van der Waals surface area contributed by atoms with Crippen LogP contribution in [0.25, 0.3) is 17.4 Å². The van der Waals surface area contributed by atoms with Crippen LogP contribution in [0.5, 0.6) is 0 Å². The average Bonchev–Trinajstić information content (AvgIpc) is 3.18. The largest absolute Gasteiger partial charge is 0.458 e. The van der Waals surface area contributed by atoms with Gasteiger partial charge in [0.25, 0.3) is 11.8 Å². The molecule has 29 heavy (non-hydrogen) atoms. The fourth-order valence-electron chi connectivity index (χ4n) is 2.73. The number of hydrogen-bond donors (Lipinski definition) is 1. The van der Waals surface area contributed by atoms with Crippen LogP contribution in [0.3, 0.4) is 0 Å². The second kappa shape index (κ2) is 8.23. The molecule has 0 unspecified atom stereocenters. The molecule has 7 heteroatoms. The maximum Gasteiger partial charge on any atom is 0.338 e. The summed E-state index contributed by atoms with van der Waals surface area (Å²) < 4.78 is 10.7. The lowest BCUT2D eigenvalue weighted by molar-refractivity contribution is -0.126. The van der Waals surface area contributed by atoms with Gasteiger partial charge < -0.3 is 9.15 Å². The monoisotopic (exact) mass is 388 g/mol. The molecule has 0 saturated heterocycles. The van der Waals surface area contributed by atoms with Gasteiger partial charge in [-0.3, -0.25) is 14.9 Å². The maximum atomic E-state index is 12.1. The highest BCUT2D eigenvalue weighted by atomic mass is 16.5. The normalized spacial score (nSPS) is 15.1. The highest BCUT2D eigenvalue weighted by molar-refractivity contribution is 6.19. The third-order valence-electron chi connectivity index (χ3n) is 4.24. The van der Waals surface area contributed by atoms with Gasteiger partial charge >= 0.3 is 5.97 Å². The highest BCUT2D eigenvalue weighted by Gasteiger charge is 2.27. The van der Waals surface area contributed by atoms with Gasteiger partial charge in [0, 0.05) is 11.1 Å². The molecule has 2 aromatic rings. The summed E-state index contributed by atoms with van der Waals surface area (Å²) in [6.45, 7) is 5.16. The predicted octanol–water partition coefficient (Wildman–Crippen LogP) is 3.17. The minimum absolute atomic E-state index is 0.110. The lowest BCUT2D eigenvalue weighted by Gasteiger charge is -2.15. The van der Waals surface area contributed by atoms with Crippen LogP contribution in [0, 0.1) is 11.3 Å². The van der Waals surface area contributed by atoms with E-state index in [1.807, 2.05) is 0 Å². The van der Waals surface area contributed by atoms with Crippen molar-refractivity contribution in [1.29, 1.82) is 5.26 Å². The molecule has 0 radical (unpaired) electrons. The van der Waals surface area contributed by atoms with E-state index in [4.69, 9.17) is 14.4 Å². The Morgan fingerprint density at radius 1 is 1.21 bits per heavy atom. The summed E-state index contributed by atoms with van der Waals surface area (Å²) in [5, 5.41) is 11.2. The molecule has 0 bridgehead atoms. The molecule has 1 N–H and O–H groups in total. The molecular formula is C22H16N2O5. The molecule has 144 valence electrons. The van der Waals surface area contributed by atoms with Crippen LogP contribution in [0.4, 0.5) is 0 Å². The van der Waals surface area contributed by atoms with Crippen molar-refractivity contribution in [2.45, 2.75) is 6.92 Å². The molecule has 3 rings (SSSR count). The van der Waals surface area contributed by atoms with Crippen LogP contribution >= 0.6 is 0 Å². The van der Waals surface area contributed by atoms with Gasteiger partial charge in [0.05, 0.1) is 5.56 Å². The lowest BCUT2D eigenvalue weighted by atomic mass is 9.96. The topological polar surface area (TPSA) is 109 Å². The summed E-state index contributed by atoms with van der Waals surface area (Å²) in [5.74, 6) is -0.844. The molecule has 0 fully saturated rings. The SMILES string of the molecule is C=CCOC(=O)c1ccc(-c2ccc(/C=C3/C(=O)NC(=O)C(C#N)=C3C)o2)cc1. The fourth-order valence-corrected chi connectivity index (χ4v) is 2.73. The molecular weight excluding hydrogens is 372 g/mol. The molecule has 0 spiro atoms. The van der Waals surface area contributed by atoms with Crippen LogP contribution in [0.15, 0.2) is 70.2 Å². The van der Waals surface area contributed by atoms with E-state index < -0.39 is 17.8 Å². The third-order valence-corrected chi connectivity index (χ3v) is 4.24. The van der Waals surface area contributed by atoms with Crippen LogP contribution < -0.4 is 5.32 Å². The number of hydrogen-bond acceptors (Lipinski definition) is 6. The number of imide groups is 1.